The Hall–Kier alpha value is -2.46. The summed E-state index contributed by atoms with van der Waals surface area (Å²) in [5.41, 5.74) is 2.62. The van der Waals surface area contributed by atoms with Crippen molar-refractivity contribution in [2.24, 2.45) is 11.8 Å². The molecule has 8 nitrogen and oxygen atoms in total. The number of piperidine rings is 1. The molecule has 6 rings (SSSR count). The zero-order valence-corrected chi connectivity index (χ0v) is 24.6. The number of aromatic hydroxyl groups is 1. The molecular weight excluding hydrogens is 528 g/mol. The fraction of sp³-hybridized carbons (Fsp3) is 0.581. The van der Waals surface area contributed by atoms with Gasteiger partial charge in [0.25, 0.3) is 0 Å². The summed E-state index contributed by atoms with van der Waals surface area (Å²) in [6.45, 7) is 5.23. The number of ether oxygens (including phenoxy) is 2. The summed E-state index contributed by atoms with van der Waals surface area (Å²) in [6.07, 6.45) is 2.76. The van der Waals surface area contributed by atoms with Gasteiger partial charge >= 0.3 is 0 Å². The van der Waals surface area contributed by atoms with E-state index in [4.69, 9.17) is 9.47 Å². The van der Waals surface area contributed by atoms with Crippen LogP contribution in [0.3, 0.4) is 0 Å². The average Bonchev–Trinajstić information content (AvgIpc) is 3.26. The second kappa shape index (κ2) is 10.1. The number of hydrogen-bond acceptors (Lipinski definition) is 7. The third-order valence-electron chi connectivity index (χ3n) is 9.72. The van der Waals surface area contributed by atoms with Crippen molar-refractivity contribution in [2.45, 2.75) is 68.9 Å². The van der Waals surface area contributed by atoms with E-state index in [1.165, 1.54) is 7.11 Å². The highest BCUT2D eigenvalue weighted by Gasteiger charge is 2.67. The Kier molecular flexibility index (Phi) is 7.01. The van der Waals surface area contributed by atoms with Gasteiger partial charge in [0, 0.05) is 30.7 Å². The van der Waals surface area contributed by atoms with Crippen LogP contribution in [0.1, 0.15) is 60.2 Å². The summed E-state index contributed by atoms with van der Waals surface area (Å²) in [5.74, 6) is 0.306. The number of hydrogen-bond donors (Lipinski definition) is 1. The molecule has 4 aliphatic rings. The van der Waals surface area contributed by atoms with E-state index in [9.17, 15) is 18.3 Å². The van der Waals surface area contributed by atoms with Crippen LogP contribution >= 0.6 is 0 Å². The quantitative estimate of drug-likeness (QED) is 0.461. The molecule has 2 bridgehead atoms. The molecule has 5 atom stereocenters. The summed E-state index contributed by atoms with van der Waals surface area (Å²) in [4.78, 5) is 15.3. The van der Waals surface area contributed by atoms with Crippen LogP contribution in [0.5, 0.6) is 11.5 Å². The van der Waals surface area contributed by atoms with Gasteiger partial charge < -0.3 is 19.5 Å². The molecule has 2 fully saturated rings. The topological polar surface area (TPSA) is 96.4 Å². The molecule has 0 aromatic heterocycles. The van der Waals surface area contributed by atoms with Crippen molar-refractivity contribution in [1.29, 1.82) is 0 Å². The van der Waals surface area contributed by atoms with E-state index < -0.39 is 21.5 Å². The van der Waals surface area contributed by atoms with Crippen LogP contribution in [-0.4, -0.2) is 80.6 Å². The molecule has 0 radical (unpaired) electrons. The molecular formula is C31H40N2O6S. The number of carbonyl (C=O) groups excluding carboxylic acids is 1. The lowest BCUT2D eigenvalue weighted by Crippen LogP contribution is -2.68. The van der Waals surface area contributed by atoms with E-state index in [-0.39, 0.29) is 47.5 Å². The standard InChI is InChI=1S/C31H40N2O6S/c1-19(2)16-33(40(36,37)18-20-8-6-5-7-9-20)24-11-10-23-25-15-21-14-22(26(34)17-38-4)28(35)29-27(21)31(23,30(24)39-29)12-13-32(25)3/h5-9,14,19,23-25,30,35H,10-13,15-18H2,1-4H3/t23-,24?,25+,30?,31-/m0/s1. The number of phenolic OH excluding ortho intramolecular Hbond substituents is 1. The molecule has 2 heterocycles. The first-order chi connectivity index (χ1) is 19.1. The molecule has 1 spiro atoms. The highest BCUT2D eigenvalue weighted by molar-refractivity contribution is 7.88. The molecule has 2 aromatic rings. The molecule has 0 amide bonds. The number of likely N-dealkylation sites (tertiary alicyclic amines) is 1. The fourth-order valence-electron chi connectivity index (χ4n) is 8.18. The minimum Gasteiger partial charge on any atom is -0.504 e. The molecule has 2 unspecified atom stereocenters. The van der Waals surface area contributed by atoms with Gasteiger partial charge in [-0.25, -0.2) is 8.42 Å². The minimum atomic E-state index is -3.68. The normalized spacial score (nSPS) is 28.9. The molecule has 2 aromatic carbocycles. The van der Waals surface area contributed by atoms with Gasteiger partial charge in [-0.2, -0.15) is 4.31 Å². The number of benzene rings is 2. The molecule has 1 saturated carbocycles. The maximum atomic E-state index is 14.1. The van der Waals surface area contributed by atoms with Crippen LogP contribution in [0, 0.1) is 11.8 Å². The average molecular weight is 569 g/mol. The van der Waals surface area contributed by atoms with Crippen molar-refractivity contribution < 1.29 is 27.8 Å². The first-order valence-electron chi connectivity index (χ1n) is 14.4. The zero-order chi connectivity index (χ0) is 28.4. The highest BCUT2D eigenvalue weighted by Crippen LogP contribution is 2.64. The molecule has 216 valence electrons. The van der Waals surface area contributed by atoms with E-state index in [0.717, 1.165) is 42.5 Å². The lowest BCUT2D eigenvalue weighted by Gasteiger charge is -2.60. The number of sulfonamides is 1. The van der Waals surface area contributed by atoms with E-state index in [1.54, 1.807) is 4.31 Å². The zero-order valence-electron chi connectivity index (χ0n) is 23.8. The van der Waals surface area contributed by atoms with E-state index in [0.29, 0.717) is 24.6 Å². The summed E-state index contributed by atoms with van der Waals surface area (Å²) >= 11 is 0. The van der Waals surface area contributed by atoms with Gasteiger partial charge in [0.2, 0.25) is 10.0 Å². The SMILES string of the molecule is COCC(=O)c1cc2c3c(c1O)OC1C(N(CC(C)C)S(=O)(=O)Cc4ccccc4)CC[C@H]4[C@@H](C2)N(C)CC[C@]314. The predicted molar refractivity (Wildman–Crippen MR) is 152 cm³/mol. The van der Waals surface area contributed by atoms with Crippen LogP contribution in [0.4, 0.5) is 0 Å². The first kappa shape index (κ1) is 27.7. The predicted octanol–water partition coefficient (Wildman–Crippen LogP) is 3.75. The van der Waals surface area contributed by atoms with Gasteiger partial charge in [-0.3, -0.25) is 4.79 Å². The van der Waals surface area contributed by atoms with Crippen LogP contribution in [-0.2, 0) is 32.3 Å². The number of nitrogens with zero attached hydrogens (tertiary/aromatic N) is 2. The molecule has 2 aliphatic heterocycles. The van der Waals surface area contributed by atoms with Gasteiger partial charge in [-0.05, 0) is 68.3 Å². The minimum absolute atomic E-state index is 0.0648. The Balaban J connectivity index is 1.47. The number of Topliss-reactive ketones (excluding diaryl/α,β-unsaturated/α-hetero) is 1. The Morgan fingerprint density at radius 3 is 2.70 bits per heavy atom. The van der Waals surface area contributed by atoms with E-state index in [2.05, 4.69) is 11.9 Å². The molecule has 1 N–H and O–H groups in total. The number of ketones is 1. The van der Waals surface area contributed by atoms with Crippen molar-refractivity contribution in [2.75, 3.05) is 33.9 Å². The maximum absolute atomic E-state index is 14.1. The summed E-state index contributed by atoms with van der Waals surface area (Å²) in [7, 11) is -0.0540. The monoisotopic (exact) mass is 568 g/mol. The third-order valence-corrected chi connectivity index (χ3v) is 11.5. The van der Waals surface area contributed by atoms with Crippen molar-refractivity contribution >= 4 is 15.8 Å². The summed E-state index contributed by atoms with van der Waals surface area (Å²) in [6, 6.07) is 11.1. The van der Waals surface area contributed by atoms with Crippen LogP contribution in [0.2, 0.25) is 0 Å². The fourth-order valence-corrected chi connectivity index (χ4v) is 10.1. The molecule has 1 saturated heterocycles. The van der Waals surface area contributed by atoms with Gasteiger partial charge in [0.05, 0.1) is 17.4 Å². The molecule has 2 aliphatic carbocycles. The van der Waals surface area contributed by atoms with Gasteiger partial charge in [-0.1, -0.05) is 44.2 Å². The number of likely N-dealkylation sites (N-methyl/N-ethyl adjacent to an activating group) is 1. The Bertz CT molecular complexity index is 1410. The van der Waals surface area contributed by atoms with Crippen molar-refractivity contribution in [3.63, 3.8) is 0 Å². The van der Waals surface area contributed by atoms with Gasteiger partial charge in [0.15, 0.2) is 17.3 Å². The summed E-state index contributed by atoms with van der Waals surface area (Å²) in [5, 5.41) is 11.4. The van der Waals surface area contributed by atoms with Crippen LogP contribution in [0.15, 0.2) is 36.4 Å². The number of rotatable bonds is 9. The Morgan fingerprint density at radius 1 is 1.25 bits per heavy atom. The van der Waals surface area contributed by atoms with Crippen LogP contribution < -0.4 is 4.74 Å². The number of phenols is 1. The largest absolute Gasteiger partial charge is 0.504 e. The lowest BCUT2D eigenvalue weighted by molar-refractivity contribution is -0.0709. The van der Waals surface area contributed by atoms with E-state index >= 15 is 0 Å². The van der Waals surface area contributed by atoms with Crippen LogP contribution in [0.25, 0.3) is 0 Å². The molecule has 9 heteroatoms. The highest BCUT2D eigenvalue weighted by atomic mass is 32.2. The third kappa shape index (κ3) is 4.19. The number of methoxy groups -OCH3 is 1. The maximum Gasteiger partial charge on any atom is 0.218 e. The smallest absolute Gasteiger partial charge is 0.218 e. The van der Waals surface area contributed by atoms with Crippen molar-refractivity contribution in [1.82, 2.24) is 9.21 Å². The molecule has 40 heavy (non-hydrogen) atoms. The second-order valence-electron chi connectivity index (χ2n) is 12.5. The van der Waals surface area contributed by atoms with Crippen molar-refractivity contribution in [3.8, 4) is 11.5 Å². The second-order valence-corrected chi connectivity index (χ2v) is 14.5. The number of carbonyl (C=O) groups is 1. The van der Waals surface area contributed by atoms with Gasteiger partial charge in [0.1, 0.15) is 12.7 Å². The van der Waals surface area contributed by atoms with Gasteiger partial charge in [-0.15, -0.1) is 0 Å². The first-order valence-corrected chi connectivity index (χ1v) is 16.0. The van der Waals surface area contributed by atoms with E-state index in [1.807, 2.05) is 50.2 Å². The summed E-state index contributed by atoms with van der Waals surface area (Å²) < 4.78 is 41.8. The lowest BCUT2D eigenvalue weighted by atomic mass is 9.51. The Labute approximate surface area is 237 Å². The van der Waals surface area contributed by atoms with Crippen molar-refractivity contribution in [3.05, 3.63) is 58.7 Å². The Morgan fingerprint density at radius 2 is 2.00 bits per heavy atom.